The van der Waals surface area contributed by atoms with Crippen LogP contribution in [0, 0.1) is 11.8 Å². The van der Waals surface area contributed by atoms with Crippen molar-refractivity contribution in [2.45, 2.75) is 32.2 Å². The van der Waals surface area contributed by atoms with Gasteiger partial charge in [-0.3, -0.25) is 11.3 Å². The van der Waals surface area contributed by atoms with Crippen molar-refractivity contribution >= 4 is 11.6 Å². The highest BCUT2D eigenvalue weighted by Gasteiger charge is 2.31. The van der Waals surface area contributed by atoms with Crippen molar-refractivity contribution < 1.29 is 0 Å². The smallest absolute Gasteiger partial charge is 0.0490 e. The third-order valence-corrected chi connectivity index (χ3v) is 4.02. The van der Waals surface area contributed by atoms with E-state index in [-0.39, 0.29) is 6.04 Å². The van der Waals surface area contributed by atoms with Gasteiger partial charge in [-0.15, -0.1) is 0 Å². The van der Waals surface area contributed by atoms with Gasteiger partial charge in [0.1, 0.15) is 0 Å². The van der Waals surface area contributed by atoms with Crippen molar-refractivity contribution in [1.82, 2.24) is 5.43 Å². The van der Waals surface area contributed by atoms with Crippen LogP contribution < -0.4 is 11.3 Å². The highest BCUT2D eigenvalue weighted by Crippen LogP contribution is 2.39. The molecule has 1 aromatic carbocycles. The fourth-order valence-corrected chi connectivity index (χ4v) is 2.93. The zero-order valence-electron chi connectivity index (χ0n) is 9.62. The standard InChI is InChI=1S/C13H19ClN2/c1-9-3-2-4-12(9)13(16-15)10-5-7-11(14)8-6-10/h5-9,12-13,16H,2-4,15H2,1H3. The maximum Gasteiger partial charge on any atom is 0.0490 e. The van der Waals surface area contributed by atoms with Crippen LogP contribution in [0.25, 0.3) is 0 Å². The number of halogens is 1. The van der Waals surface area contributed by atoms with Crippen LogP contribution in [-0.2, 0) is 0 Å². The predicted molar refractivity (Wildman–Crippen MR) is 68.0 cm³/mol. The number of nitrogens with one attached hydrogen (secondary N) is 1. The fraction of sp³-hybridized carbons (Fsp3) is 0.538. The molecule has 88 valence electrons. The third kappa shape index (κ3) is 2.40. The minimum atomic E-state index is 0.259. The van der Waals surface area contributed by atoms with E-state index in [1.807, 2.05) is 12.1 Å². The molecule has 16 heavy (non-hydrogen) atoms. The Balaban J connectivity index is 2.18. The van der Waals surface area contributed by atoms with Crippen molar-refractivity contribution in [3.05, 3.63) is 34.9 Å². The van der Waals surface area contributed by atoms with E-state index in [1.54, 1.807) is 0 Å². The molecule has 0 saturated heterocycles. The molecule has 1 saturated carbocycles. The third-order valence-electron chi connectivity index (χ3n) is 3.76. The maximum atomic E-state index is 5.90. The Labute approximate surface area is 102 Å². The van der Waals surface area contributed by atoms with Gasteiger partial charge in [0.15, 0.2) is 0 Å². The zero-order valence-corrected chi connectivity index (χ0v) is 10.4. The lowest BCUT2D eigenvalue weighted by Crippen LogP contribution is -2.34. The van der Waals surface area contributed by atoms with E-state index in [0.717, 1.165) is 10.9 Å². The van der Waals surface area contributed by atoms with Crippen molar-refractivity contribution in [3.8, 4) is 0 Å². The number of benzene rings is 1. The first-order valence-electron chi connectivity index (χ1n) is 5.94. The summed E-state index contributed by atoms with van der Waals surface area (Å²) in [5.41, 5.74) is 4.21. The number of rotatable bonds is 3. The van der Waals surface area contributed by atoms with E-state index in [4.69, 9.17) is 17.4 Å². The van der Waals surface area contributed by atoms with E-state index >= 15 is 0 Å². The molecule has 1 aromatic rings. The van der Waals surface area contributed by atoms with Gasteiger partial charge >= 0.3 is 0 Å². The van der Waals surface area contributed by atoms with Crippen LogP contribution in [0.2, 0.25) is 5.02 Å². The highest BCUT2D eigenvalue weighted by atomic mass is 35.5. The Hall–Kier alpha value is -0.570. The molecule has 3 heteroatoms. The van der Waals surface area contributed by atoms with E-state index in [9.17, 15) is 0 Å². The monoisotopic (exact) mass is 238 g/mol. The lowest BCUT2D eigenvalue weighted by Gasteiger charge is -2.26. The molecular formula is C13H19ClN2. The average Bonchev–Trinajstić information content (AvgIpc) is 2.69. The summed E-state index contributed by atoms with van der Waals surface area (Å²) in [5.74, 6) is 7.09. The average molecular weight is 239 g/mol. The Morgan fingerprint density at radius 3 is 2.50 bits per heavy atom. The van der Waals surface area contributed by atoms with Gasteiger partial charge in [0.05, 0.1) is 0 Å². The summed E-state index contributed by atoms with van der Waals surface area (Å²) in [4.78, 5) is 0. The molecular weight excluding hydrogens is 220 g/mol. The number of hydrogen-bond acceptors (Lipinski definition) is 2. The van der Waals surface area contributed by atoms with Gasteiger partial charge in [0, 0.05) is 11.1 Å². The van der Waals surface area contributed by atoms with Crippen LogP contribution in [0.4, 0.5) is 0 Å². The van der Waals surface area contributed by atoms with Crippen LogP contribution in [-0.4, -0.2) is 0 Å². The Morgan fingerprint density at radius 1 is 1.31 bits per heavy atom. The lowest BCUT2D eigenvalue weighted by atomic mass is 9.86. The highest BCUT2D eigenvalue weighted by molar-refractivity contribution is 6.30. The SMILES string of the molecule is CC1CCCC1C(NN)c1ccc(Cl)cc1. The Morgan fingerprint density at radius 2 is 2.00 bits per heavy atom. The quantitative estimate of drug-likeness (QED) is 0.627. The van der Waals surface area contributed by atoms with Gasteiger partial charge in [-0.05, 0) is 36.0 Å². The minimum absolute atomic E-state index is 0.259. The van der Waals surface area contributed by atoms with Gasteiger partial charge in [0.2, 0.25) is 0 Å². The Kier molecular flexibility index (Phi) is 3.85. The number of nitrogens with two attached hydrogens (primary N) is 1. The molecule has 0 bridgehead atoms. The summed E-state index contributed by atoms with van der Waals surface area (Å²) in [6, 6.07) is 8.26. The van der Waals surface area contributed by atoms with Crippen molar-refractivity contribution in [3.63, 3.8) is 0 Å². The molecule has 1 aliphatic carbocycles. The molecule has 0 heterocycles. The summed E-state index contributed by atoms with van der Waals surface area (Å²) in [5, 5.41) is 0.777. The van der Waals surface area contributed by atoms with E-state index in [1.165, 1.54) is 24.8 Å². The Bertz CT molecular complexity index is 336. The molecule has 0 radical (unpaired) electrons. The molecule has 0 aliphatic heterocycles. The maximum absolute atomic E-state index is 5.90. The summed E-state index contributed by atoms with van der Waals surface area (Å²) in [6.45, 7) is 2.32. The van der Waals surface area contributed by atoms with E-state index in [2.05, 4.69) is 24.5 Å². The zero-order chi connectivity index (χ0) is 11.5. The van der Waals surface area contributed by atoms with Gasteiger partial charge in [-0.25, -0.2) is 0 Å². The van der Waals surface area contributed by atoms with Gasteiger partial charge < -0.3 is 0 Å². The van der Waals surface area contributed by atoms with Crippen molar-refractivity contribution in [1.29, 1.82) is 0 Å². The van der Waals surface area contributed by atoms with Gasteiger partial charge in [-0.2, -0.15) is 0 Å². The minimum Gasteiger partial charge on any atom is -0.271 e. The summed E-state index contributed by atoms with van der Waals surface area (Å²) in [7, 11) is 0. The van der Waals surface area contributed by atoms with Crippen LogP contribution in [0.15, 0.2) is 24.3 Å². The van der Waals surface area contributed by atoms with E-state index < -0.39 is 0 Å². The van der Waals surface area contributed by atoms with Gasteiger partial charge in [0.25, 0.3) is 0 Å². The first kappa shape index (κ1) is 11.9. The largest absolute Gasteiger partial charge is 0.271 e. The molecule has 2 nitrogen and oxygen atoms in total. The second kappa shape index (κ2) is 5.17. The fourth-order valence-electron chi connectivity index (χ4n) is 2.81. The molecule has 3 unspecified atom stereocenters. The van der Waals surface area contributed by atoms with E-state index in [0.29, 0.717) is 5.92 Å². The molecule has 1 aliphatic rings. The second-order valence-corrected chi connectivity index (χ2v) is 5.20. The van der Waals surface area contributed by atoms with Gasteiger partial charge in [-0.1, -0.05) is 43.5 Å². The normalized spacial score (nSPS) is 26.9. The predicted octanol–water partition coefficient (Wildman–Crippen LogP) is 3.28. The lowest BCUT2D eigenvalue weighted by molar-refractivity contribution is 0.304. The molecule has 0 amide bonds. The van der Waals surface area contributed by atoms with Crippen LogP contribution in [0.5, 0.6) is 0 Å². The van der Waals surface area contributed by atoms with Crippen LogP contribution in [0.1, 0.15) is 37.8 Å². The summed E-state index contributed by atoms with van der Waals surface area (Å²) >= 11 is 5.90. The summed E-state index contributed by atoms with van der Waals surface area (Å²) < 4.78 is 0. The molecule has 1 fully saturated rings. The molecule has 2 rings (SSSR count). The molecule has 0 spiro atoms. The van der Waals surface area contributed by atoms with Crippen molar-refractivity contribution in [2.75, 3.05) is 0 Å². The first-order chi connectivity index (χ1) is 7.72. The molecule has 3 atom stereocenters. The summed E-state index contributed by atoms with van der Waals surface area (Å²) in [6.07, 6.45) is 3.90. The van der Waals surface area contributed by atoms with Crippen molar-refractivity contribution in [2.24, 2.45) is 17.7 Å². The van der Waals surface area contributed by atoms with Crippen LogP contribution >= 0.6 is 11.6 Å². The first-order valence-corrected chi connectivity index (χ1v) is 6.31. The molecule has 0 aromatic heterocycles. The second-order valence-electron chi connectivity index (χ2n) is 4.77. The number of hydrogen-bond donors (Lipinski definition) is 2. The molecule has 3 N–H and O–H groups in total. The topological polar surface area (TPSA) is 38.0 Å². The number of hydrazine groups is 1. The van der Waals surface area contributed by atoms with Crippen LogP contribution in [0.3, 0.4) is 0 Å².